The number of hydrogen-bond acceptors (Lipinski definition) is 3. The summed E-state index contributed by atoms with van der Waals surface area (Å²) in [6.45, 7) is 4.92. The fraction of sp³-hybridized carbons (Fsp3) is 0.464. The van der Waals surface area contributed by atoms with Gasteiger partial charge in [0, 0.05) is 19.5 Å². The van der Waals surface area contributed by atoms with Gasteiger partial charge in [-0.15, -0.1) is 0 Å². The van der Waals surface area contributed by atoms with Crippen LogP contribution in [0.25, 0.3) is 0 Å². The van der Waals surface area contributed by atoms with E-state index < -0.39 is 17.3 Å². The van der Waals surface area contributed by atoms with E-state index in [9.17, 15) is 19.2 Å². The number of benzene rings is 2. The van der Waals surface area contributed by atoms with E-state index in [0.29, 0.717) is 37.8 Å². The van der Waals surface area contributed by atoms with Crippen LogP contribution >= 0.6 is 11.6 Å². The molecule has 5 nitrogen and oxygen atoms in total. The number of amides is 2. The molecular weight excluding hydrogens is 465 g/mol. The SMILES string of the molecule is CC(C)[C@@](C#N)(CCCCC(=O)N1CCC[C@@H]1C(=O)NCc1ccc(F)c(Cl)c1)c1ccccc1. The molecule has 186 valence electrons. The zero-order valence-corrected chi connectivity index (χ0v) is 21.2. The zero-order chi connectivity index (χ0) is 25.4. The Hall–Kier alpha value is -2.91. The molecule has 2 aromatic rings. The first kappa shape index (κ1) is 26.7. The molecule has 7 heteroatoms. The number of likely N-dealkylation sites (tertiary alicyclic amines) is 1. The van der Waals surface area contributed by atoms with Gasteiger partial charge in [0.05, 0.1) is 16.5 Å². The molecule has 1 saturated heterocycles. The van der Waals surface area contributed by atoms with Crippen molar-refractivity contribution in [2.75, 3.05) is 6.54 Å². The summed E-state index contributed by atoms with van der Waals surface area (Å²) in [7, 11) is 0. The quantitative estimate of drug-likeness (QED) is 0.424. The molecule has 0 aliphatic carbocycles. The Balaban J connectivity index is 1.52. The van der Waals surface area contributed by atoms with E-state index in [1.54, 1.807) is 11.0 Å². The van der Waals surface area contributed by atoms with Crippen molar-refractivity contribution in [3.8, 4) is 6.07 Å². The molecule has 2 aromatic carbocycles. The lowest BCUT2D eigenvalue weighted by atomic mass is 9.69. The van der Waals surface area contributed by atoms with Gasteiger partial charge in [0.15, 0.2) is 0 Å². The number of carbonyl (C=O) groups is 2. The molecule has 0 aromatic heterocycles. The van der Waals surface area contributed by atoms with Crippen LogP contribution in [0.4, 0.5) is 4.39 Å². The normalized spacial score (nSPS) is 17.1. The summed E-state index contributed by atoms with van der Waals surface area (Å²) in [6.07, 6.45) is 3.86. The van der Waals surface area contributed by atoms with E-state index in [-0.39, 0.29) is 29.3 Å². The maximum Gasteiger partial charge on any atom is 0.243 e. The lowest BCUT2D eigenvalue weighted by Gasteiger charge is -2.31. The molecule has 0 spiro atoms. The van der Waals surface area contributed by atoms with Gasteiger partial charge in [-0.1, -0.05) is 68.3 Å². The summed E-state index contributed by atoms with van der Waals surface area (Å²) >= 11 is 5.81. The number of nitrogens with zero attached hydrogens (tertiary/aromatic N) is 2. The van der Waals surface area contributed by atoms with Gasteiger partial charge in [-0.2, -0.15) is 5.26 Å². The van der Waals surface area contributed by atoms with E-state index in [4.69, 9.17) is 11.6 Å². The second-order valence-electron chi connectivity index (χ2n) is 9.52. The highest BCUT2D eigenvalue weighted by Gasteiger charge is 2.36. The van der Waals surface area contributed by atoms with Gasteiger partial charge in [0.2, 0.25) is 11.8 Å². The molecule has 1 aliphatic rings. The number of nitrogens with one attached hydrogen (secondary N) is 1. The second-order valence-corrected chi connectivity index (χ2v) is 9.93. The van der Waals surface area contributed by atoms with Crippen LogP contribution in [-0.4, -0.2) is 29.3 Å². The molecule has 1 fully saturated rings. The number of carbonyl (C=O) groups excluding carboxylic acids is 2. The number of nitriles is 1. The Morgan fingerprint density at radius 2 is 1.97 bits per heavy atom. The molecule has 0 bridgehead atoms. The minimum atomic E-state index is -0.580. The molecule has 3 rings (SSSR count). The smallest absolute Gasteiger partial charge is 0.243 e. The fourth-order valence-corrected chi connectivity index (χ4v) is 5.07. The van der Waals surface area contributed by atoms with E-state index in [2.05, 4.69) is 25.2 Å². The third-order valence-corrected chi connectivity index (χ3v) is 7.30. The highest BCUT2D eigenvalue weighted by atomic mass is 35.5. The lowest BCUT2D eigenvalue weighted by molar-refractivity contribution is -0.138. The molecule has 1 aliphatic heterocycles. The molecule has 2 amide bonds. The van der Waals surface area contributed by atoms with Crippen molar-refractivity contribution in [2.24, 2.45) is 5.92 Å². The summed E-state index contributed by atoms with van der Waals surface area (Å²) in [5.74, 6) is -0.588. The fourth-order valence-electron chi connectivity index (χ4n) is 4.87. The van der Waals surface area contributed by atoms with Crippen molar-refractivity contribution in [3.63, 3.8) is 0 Å². The van der Waals surface area contributed by atoms with Crippen LogP contribution in [0.1, 0.15) is 63.5 Å². The van der Waals surface area contributed by atoms with Crippen LogP contribution in [-0.2, 0) is 21.5 Å². The number of unbranched alkanes of at least 4 members (excludes halogenated alkanes) is 1. The predicted molar refractivity (Wildman–Crippen MR) is 135 cm³/mol. The average molecular weight is 498 g/mol. The molecular formula is C28H33ClFN3O2. The Morgan fingerprint density at radius 3 is 2.63 bits per heavy atom. The number of rotatable bonds is 10. The topological polar surface area (TPSA) is 73.2 Å². The van der Waals surface area contributed by atoms with Crippen LogP contribution in [0, 0.1) is 23.1 Å². The van der Waals surface area contributed by atoms with E-state index in [1.165, 1.54) is 12.1 Å². The number of halogens is 2. The third kappa shape index (κ3) is 6.41. The summed E-state index contributed by atoms with van der Waals surface area (Å²) in [4.78, 5) is 27.4. The monoisotopic (exact) mass is 497 g/mol. The molecule has 0 radical (unpaired) electrons. The Labute approximate surface area is 212 Å². The highest BCUT2D eigenvalue weighted by Crippen LogP contribution is 2.37. The van der Waals surface area contributed by atoms with Crippen molar-refractivity contribution in [3.05, 3.63) is 70.5 Å². The summed E-state index contributed by atoms with van der Waals surface area (Å²) in [5, 5.41) is 12.9. The van der Waals surface area contributed by atoms with Crippen molar-refractivity contribution in [1.82, 2.24) is 10.2 Å². The summed E-state index contributed by atoms with van der Waals surface area (Å²) < 4.78 is 13.3. The first-order chi connectivity index (χ1) is 16.8. The summed E-state index contributed by atoms with van der Waals surface area (Å²) in [5.41, 5.74) is 1.14. The van der Waals surface area contributed by atoms with Crippen LogP contribution < -0.4 is 5.32 Å². The average Bonchev–Trinajstić information content (AvgIpc) is 3.35. The lowest BCUT2D eigenvalue weighted by Crippen LogP contribution is -2.45. The molecule has 0 saturated carbocycles. The van der Waals surface area contributed by atoms with Crippen LogP contribution in [0.5, 0.6) is 0 Å². The number of hydrogen-bond donors (Lipinski definition) is 1. The highest BCUT2D eigenvalue weighted by molar-refractivity contribution is 6.30. The Bertz CT molecular complexity index is 1070. The zero-order valence-electron chi connectivity index (χ0n) is 20.4. The largest absolute Gasteiger partial charge is 0.350 e. The van der Waals surface area contributed by atoms with Crippen LogP contribution in [0.15, 0.2) is 48.5 Å². The van der Waals surface area contributed by atoms with E-state index in [1.807, 2.05) is 30.3 Å². The standard InChI is InChI=1S/C28H33ClFN3O2/c1-20(2)28(19-31,22-9-4-3-5-10-22)15-7-6-12-26(34)33-16-8-11-25(33)27(35)32-18-21-13-14-24(30)23(29)17-21/h3-5,9-10,13-14,17,20,25H,6-8,11-12,15-16,18H2,1-2H3,(H,32,35)/t25-,28+/m1/s1. The minimum Gasteiger partial charge on any atom is -0.350 e. The van der Waals surface area contributed by atoms with Gasteiger partial charge in [0.25, 0.3) is 0 Å². The first-order valence-corrected chi connectivity index (χ1v) is 12.6. The summed E-state index contributed by atoms with van der Waals surface area (Å²) in [6, 6.07) is 16.3. The van der Waals surface area contributed by atoms with Gasteiger partial charge in [-0.3, -0.25) is 9.59 Å². The molecule has 2 atom stereocenters. The van der Waals surface area contributed by atoms with Gasteiger partial charge in [0.1, 0.15) is 11.9 Å². The second kappa shape index (κ2) is 12.2. The molecule has 35 heavy (non-hydrogen) atoms. The van der Waals surface area contributed by atoms with E-state index in [0.717, 1.165) is 18.4 Å². The van der Waals surface area contributed by atoms with E-state index >= 15 is 0 Å². The van der Waals surface area contributed by atoms with Crippen molar-refractivity contribution in [1.29, 1.82) is 5.26 Å². The van der Waals surface area contributed by atoms with Crippen molar-refractivity contribution >= 4 is 23.4 Å². The van der Waals surface area contributed by atoms with Gasteiger partial charge in [-0.25, -0.2) is 4.39 Å². The molecule has 1 N–H and O–H groups in total. The first-order valence-electron chi connectivity index (χ1n) is 12.3. The minimum absolute atomic E-state index is 0.0135. The predicted octanol–water partition coefficient (Wildman–Crippen LogP) is 5.76. The van der Waals surface area contributed by atoms with Gasteiger partial charge >= 0.3 is 0 Å². The Morgan fingerprint density at radius 1 is 1.23 bits per heavy atom. The third-order valence-electron chi connectivity index (χ3n) is 7.01. The van der Waals surface area contributed by atoms with Crippen molar-refractivity contribution < 1.29 is 14.0 Å². The van der Waals surface area contributed by atoms with Crippen molar-refractivity contribution in [2.45, 2.75) is 70.4 Å². The van der Waals surface area contributed by atoms with Gasteiger partial charge < -0.3 is 10.2 Å². The maximum atomic E-state index is 13.3. The van der Waals surface area contributed by atoms with Gasteiger partial charge in [-0.05, 0) is 54.9 Å². The van der Waals surface area contributed by atoms with Crippen LogP contribution in [0.3, 0.4) is 0 Å². The molecule has 1 heterocycles. The maximum absolute atomic E-state index is 13.3. The molecule has 0 unspecified atom stereocenters. The van der Waals surface area contributed by atoms with Crippen LogP contribution in [0.2, 0.25) is 5.02 Å². The Kier molecular flexibility index (Phi) is 9.28.